The lowest BCUT2D eigenvalue weighted by molar-refractivity contribution is -0.140. The van der Waals surface area contributed by atoms with E-state index in [4.69, 9.17) is 9.47 Å². The van der Waals surface area contributed by atoms with Gasteiger partial charge in [-0.05, 0) is 51.1 Å². The van der Waals surface area contributed by atoms with Gasteiger partial charge in [0.15, 0.2) is 0 Å². The van der Waals surface area contributed by atoms with Crippen molar-refractivity contribution in [1.29, 1.82) is 0 Å². The first-order valence-corrected chi connectivity index (χ1v) is 7.20. The van der Waals surface area contributed by atoms with Crippen molar-refractivity contribution in [2.75, 3.05) is 27.3 Å². The second-order valence-corrected chi connectivity index (χ2v) is 5.60. The van der Waals surface area contributed by atoms with Crippen molar-refractivity contribution >= 4 is 5.97 Å². The molecule has 1 aromatic carbocycles. The van der Waals surface area contributed by atoms with Gasteiger partial charge in [0.05, 0.1) is 26.2 Å². The highest BCUT2D eigenvalue weighted by Crippen LogP contribution is 2.41. The molecular formula is C16H23NO4. The van der Waals surface area contributed by atoms with Gasteiger partial charge in [-0.3, -0.25) is 9.69 Å². The molecule has 0 saturated carbocycles. The molecule has 21 heavy (non-hydrogen) atoms. The summed E-state index contributed by atoms with van der Waals surface area (Å²) in [6.45, 7) is 3.79. The number of carboxylic acids is 1. The van der Waals surface area contributed by atoms with Gasteiger partial charge in [-0.25, -0.2) is 0 Å². The van der Waals surface area contributed by atoms with E-state index in [9.17, 15) is 9.90 Å². The summed E-state index contributed by atoms with van der Waals surface area (Å²) < 4.78 is 10.8. The van der Waals surface area contributed by atoms with Crippen LogP contribution < -0.4 is 9.47 Å². The summed E-state index contributed by atoms with van der Waals surface area (Å²) in [6, 6.07) is 5.55. The van der Waals surface area contributed by atoms with Gasteiger partial charge in [0.2, 0.25) is 0 Å². The van der Waals surface area contributed by atoms with E-state index in [-0.39, 0.29) is 6.42 Å². The van der Waals surface area contributed by atoms with E-state index < -0.39 is 11.5 Å². The fourth-order valence-electron chi connectivity index (χ4n) is 3.12. The van der Waals surface area contributed by atoms with Crippen LogP contribution in [0.4, 0.5) is 0 Å². The van der Waals surface area contributed by atoms with Crippen LogP contribution in [0.5, 0.6) is 11.5 Å². The highest BCUT2D eigenvalue weighted by atomic mass is 16.5. The molecule has 0 amide bonds. The number of likely N-dealkylation sites (tertiary alicyclic amines) is 1. The van der Waals surface area contributed by atoms with Crippen LogP contribution >= 0.6 is 0 Å². The smallest absolute Gasteiger partial charge is 0.305 e. The quantitative estimate of drug-likeness (QED) is 0.873. The molecule has 2 rings (SSSR count). The molecule has 116 valence electrons. The Bertz CT molecular complexity index is 511. The van der Waals surface area contributed by atoms with Crippen molar-refractivity contribution in [2.24, 2.45) is 0 Å². The van der Waals surface area contributed by atoms with Gasteiger partial charge in [-0.15, -0.1) is 0 Å². The summed E-state index contributed by atoms with van der Waals surface area (Å²) >= 11 is 0. The Hall–Kier alpha value is -1.75. The fourth-order valence-corrected chi connectivity index (χ4v) is 3.12. The standard InChI is InChI=1S/C16H23NO4/c1-16(11-15(18)19,17-8-4-5-9-17)13-10-12(20-2)6-7-14(13)21-3/h6-7,10H,4-5,8-9,11H2,1-3H3,(H,18,19). The predicted molar refractivity (Wildman–Crippen MR) is 80.0 cm³/mol. The van der Waals surface area contributed by atoms with Gasteiger partial charge < -0.3 is 14.6 Å². The molecule has 0 aliphatic carbocycles. The lowest BCUT2D eigenvalue weighted by atomic mass is 9.86. The van der Waals surface area contributed by atoms with Gasteiger partial charge in [-0.2, -0.15) is 0 Å². The topological polar surface area (TPSA) is 59.0 Å². The molecule has 1 aromatic rings. The Morgan fingerprint density at radius 3 is 2.48 bits per heavy atom. The van der Waals surface area contributed by atoms with Crippen LogP contribution in [0, 0.1) is 0 Å². The van der Waals surface area contributed by atoms with Crippen molar-refractivity contribution in [3.8, 4) is 11.5 Å². The molecule has 0 aromatic heterocycles. The van der Waals surface area contributed by atoms with Crippen LogP contribution in [-0.2, 0) is 10.3 Å². The van der Waals surface area contributed by atoms with E-state index in [1.165, 1.54) is 0 Å². The van der Waals surface area contributed by atoms with Gasteiger partial charge in [0.25, 0.3) is 0 Å². The average Bonchev–Trinajstić information content (AvgIpc) is 3.00. The first-order chi connectivity index (χ1) is 10.0. The normalized spacial score (nSPS) is 18.2. The number of ether oxygens (including phenoxy) is 2. The lowest BCUT2D eigenvalue weighted by Crippen LogP contribution is -2.44. The van der Waals surface area contributed by atoms with Crippen molar-refractivity contribution in [3.63, 3.8) is 0 Å². The van der Waals surface area contributed by atoms with Crippen molar-refractivity contribution < 1.29 is 19.4 Å². The fraction of sp³-hybridized carbons (Fsp3) is 0.562. The summed E-state index contributed by atoms with van der Waals surface area (Å²) in [6.07, 6.45) is 2.24. The van der Waals surface area contributed by atoms with Gasteiger partial charge in [-0.1, -0.05) is 0 Å². The third-order valence-corrected chi connectivity index (χ3v) is 4.29. The van der Waals surface area contributed by atoms with E-state index in [0.29, 0.717) is 11.5 Å². The Morgan fingerprint density at radius 2 is 1.95 bits per heavy atom. The predicted octanol–water partition coefficient (Wildman–Crippen LogP) is 2.49. The number of nitrogens with zero attached hydrogens (tertiary/aromatic N) is 1. The van der Waals surface area contributed by atoms with E-state index >= 15 is 0 Å². The molecule has 1 heterocycles. The number of benzene rings is 1. The van der Waals surface area contributed by atoms with Crippen LogP contribution in [0.3, 0.4) is 0 Å². The van der Waals surface area contributed by atoms with E-state index in [0.717, 1.165) is 31.5 Å². The summed E-state index contributed by atoms with van der Waals surface area (Å²) in [5.41, 5.74) is 0.274. The number of hydrogen-bond donors (Lipinski definition) is 1. The largest absolute Gasteiger partial charge is 0.497 e. The molecule has 1 aliphatic rings. The zero-order valence-electron chi connectivity index (χ0n) is 12.9. The molecule has 5 heteroatoms. The van der Waals surface area contributed by atoms with E-state index in [2.05, 4.69) is 4.90 Å². The Labute approximate surface area is 125 Å². The number of hydrogen-bond acceptors (Lipinski definition) is 4. The van der Waals surface area contributed by atoms with Gasteiger partial charge >= 0.3 is 5.97 Å². The summed E-state index contributed by atoms with van der Waals surface area (Å²) in [4.78, 5) is 13.6. The molecule has 5 nitrogen and oxygen atoms in total. The minimum absolute atomic E-state index is 0.0382. The Balaban J connectivity index is 2.51. The van der Waals surface area contributed by atoms with Crippen molar-refractivity contribution in [3.05, 3.63) is 23.8 Å². The minimum atomic E-state index is -0.811. The highest BCUT2D eigenvalue weighted by molar-refractivity contribution is 5.69. The molecule has 0 radical (unpaired) electrons. The molecule has 1 saturated heterocycles. The minimum Gasteiger partial charge on any atom is -0.497 e. The van der Waals surface area contributed by atoms with Crippen LogP contribution in [0.1, 0.15) is 31.7 Å². The van der Waals surface area contributed by atoms with Gasteiger partial charge in [0.1, 0.15) is 11.5 Å². The zero-order valence-corrected chi connectivity index (χ0v) is 12.9. The average molecular weight is 293 g/mol. The second kappa shape index (κ2) is 6.35. The summed E-state index contributed by atoms with van der Waals surface area (Å²) in [5, 5.41) is 9.36. The van der Waals surface area contributed by atoms with Crippen LogP contribution in [0.25, 0.3) is 0 Å². The third-order valence-electron chi connectivity index (χ3n) is 4.29. The maximum absolute atomic E-state index is 11.4. The highest BCUT2D eigenvalue weighted by Gasteiger charge is 2.39. The number of rotatable bonds is 6. The molecule has 0 bridgehead atoms. The molecular weight excluding hydrogens is 270 g/mol. The van der Waals surface area contributed by atoms with Crippen molar-refractivity contribution in [1.82, 2.24) is 4.90 Å². The van der Waals surface area contributed by atoms with E-state index in [1.807, 2.05) is 25.1 Å². The second-order valence-electron chi connectivity index (χ2n) is 5.60. The Kier molecular flexibility index (Phi) is 4.73. The molecule has 1 atom stereocenters. The number of carbonyl (C=O) groups is 1. The Morgan fingerprint density at radius 1 is 1.29 bits per heavy atom. The first kappa shape index (κ1) is 15.6. The number of methoxy groups -OCH3 is 2. The molecule has 0 spiro atoms. The first-order valence-electron chi connectivity index (χ1n) is 7.20. The van der Waals surface area contributed by atoms with Crippen LogP contribution in [0.2, 0.25) is 0 Å². The molecule has 1 aliphatic heterocycles. The monoisotopic (exact) mass is 293 g/mol. The SMILES string of the molecule is COc1ccc(OC)c(C(C)(CC(=O)O)N2CCCC2)c1. The van der Waals surface area contributed by atoms with Gasteiger partial charge in [0, 0.05) is 5.56 Å². The maximum Gasteiger partial charge on any atom is 0.305 e. The van der Waals surface area contributed by atoms with E-state index in [1.54, 1.807) is 14.2 Å². The van der Waals surface area contributed by atoms with Crippen LogP contribution in [0.15, 0.2) is 18.2 Å². The molecule has 1 N–H and O–H groups in total. The number of carboxylic acid groups (broad SMARTS) is 1. The molecule has 1 unspecified atom stereocenters. The third kappa shape index (κ3) is 3.13. The molecule has 1 fully saturated rings. The van der Waals surface area contributed by atoms with Crippen LogP contribution in [-0.4, -0.2) is 43.3 Å². The summed E-state index contributed by atoms with van der Waals surface area (Å²) in [5.74, 6) is 0.599. The van der Waals surface area contributed by atoms with Crippen molar-refractivity contribution in [2.45, 2.75) is 31.7 Å². The number of aliphatic carboxylic acids is 1. The lowest BCUT2D eigenvalue weighted by Gasteiger charge is -2.39. The summed E-state index contributed by atoms with van der Waals surface area (Å²) in [7, 11) is 3.21. The zero-order chi connectivity index (χ0) is 15.5. The maximum atomic E-state index is 11.4.